The van der Waals surface area contributed by atoms with Crippen LogP contribution in [-0.4, -0.2) is 19.3 Å². The van der Waals surface area contributed by atoms with E-state index in [4.69, 9.17) is 27.9 Å². The predicted molar refractivity (Wildman–Crippen MR) is 145 cm³/mol. The van der Waals surface area contributed by atoms with Gasteiger partial charge >= 0.3 is 0 Å². The lowest BCUT2D eigenvalue weighted by Gasteiger charge is -2.14. The first kappa shape index (κ1) is 25.2. The summed E-state index contributed by atoms with van der Waals surface area (Å²) in [5, 5.41) is 3.34. The van der Waals surface area contributed by atoms with Gasteiger partial charge in [0.1, 0.15) is 17.3 Å². The van der Waals surface area contributed by atoms with Crippen molar-refractivity contribution in [3.05, 3.63) is 104 Å². The number of amides is 1. The number of anilines is 2. The molecule has 1 heterocycles. The topological polar surface area (TPSA) is 97.4 Å². The maximum absolute atomic E-state index is 13.0. The maximum Gasteiger partial charge on any atom is 0.261 e. The number of pyridine rings is 1. The van der Waals surface area contributed by atoms with Gasteiger partial charge in [0.15, 0.2) is 0 Å². The van der Waals surface area contributed by atoms with Crippen molar-refractivity contribution in [2.75, 3.05) is 10.0 Å². The summed E-state index contributed by atoms with van der Waals surface area (Å²) in [6.07, 6.45) is 1.59. The normalized spacial score (nSPS) is 11.1. The third-order valence-corrected chi connectivity index (χ3v) is 7.20. The van der Waals surface area contributed by atoms with Crippen LogP contribution in [0.5, 0.6) is 11.5 Å². The number of carbonyl (C=O) groups is 1. The monoisotopic (exact) mass is 639 g/mol. The number of para-hydroxylation sites is 1. The smallest absolute Gasteiger partial charge is 0.261 e. The summed E-state index contributed by atoms with van der Waals surface area (Å²) in [6.45, 7) is 0. The SMILES string of the molecule is O=C(Nc1ccc(I)cn1)c1cc(Cl)ccc1NS(=O)(=O)c1ccc(Oc2ccccc2Cl)cc1. The second-order valence-corrected chi connectivity index (χ2v) is 10.9. The lowest BCUT2D eigenvalue weighted by atomic mass is 10.1. The Kier molecular flexibility index (Phi) is 7.80. The lowest BCUT2D eigenvalue weighted by molar-refractivity contribution is 0.102. The molecule has 0 saturated heterocycles. The van der Waals surface area contributed by atoms with Crippen LogP contribution in [0.4, 0.5) is 11.5 Å². The number of hydrogen-bond donors (Lipinski definition) is 2. The number of carbonyl (C=O) groups excluding carboxylic acids is 1. The summed E-state index contributed by atoms with van der Waals surface area (Å²) in [7, 11) is -4.03. The number of hydrogen-bond acceptors (Lipinski definition) is 5. The maximum atomic E-state index is 13.0. The van der Waals surface area contributed by atoms with Crippen LogP contribution in [0, 0.1) is 3.57 Å². The Morgan fingerprint density at radius 2 is 1.69 bits per heavy atom. The van der Waals surface area contributed by atoms with Crippen LogP contribution < -0.4 is 14.8 Å². The van der Waals surface area contributed by atoms with E-state index in [0.29, 0.717) is 22.3 Å². The lowest BCUT2D eigenvalue weighted by Crippen LogP contribution is -2.19. The Bertz CT molecular complexity index is 1480. The minimum atomic E-state index is -4.03. The first-order valence-corrected chi connectivity index (χ1v) is 13.3. The number of nitrogens with zero attached hydrogens (tertiary/aromatic N) is 1. The molecule has 0 aliphatic carbocycles. The largest absolute Gasteiger partial charge is 0.456 e. The van der Waals surface area contributed by atoms with Gasteiger partial charge in [0, 0.05) is 14.8 Å². The van der Waals surface area contributed by atoms with Gasteiger partial charge < -0.3 is 10.1 Å². The van der Waals surface area contributed by atoms with Crippen LogP contribution in [0.1, 0.15) is 10.4 Å². The molecular weight excluding hydrogens is 624 g/mol. The first-order valence-electron chi connectivity index (χ1n) is 9.99. The minimum Gasteiger partial charge on any atom is -0.456 e. The van der Waals surface area contributed by atoms with Crippen LogP contribution in [0.3, 0.4) is 0 Å². The Balaban J connectivity index is 1.54. The molecule has 3 aromatic carbocycles. The van der Waals surface area contributed by atoms with Crippen molar-refractivity contribution in [1.82, 2.24) is 4.98 Å². The molecule has 0 bridgehead atoms. The Morgan fingerprint density at radius 1 is 0.943 bits per heavy atom. The van der Waals surface area contributed by atoms with Crippen molar-refractivity contribution in [3.8, 4) is 11.5 Å². The van der Waals surface area contributed by atoms with E-state index in [2.05, 4.69) is 37.6 Å². The van der Waals surface area contributed by atoms with Crippen molar-refractivity contribution in [3.63, 3.8) is 0 Å². The molecular formula is C24H16Cl2IN3O4S. The molecule has 2 N–H and O–H groups in total. The van der Waals surface area contributed by atoms with Gasteiger partial charge in [-0.15, -0.1) is 0 Å². The Labute approximate surface area is 225 Å². The fourth-order valence-corrected chi connectivity index (χ4v) is 4.72. The molecule has 1 aromatic heterocycles. The van der Waals surface area contributed by atoms with E-state index >= 15 is 0 Å². The molecule has 0 aliphatic rings. The van der Waals surface area contributed by atoms with Crippen LogP contribution in [0.2, 0.25) is 10.0 Å². The number of ether oxygens (including phenoxy) is 1. The zero-order valence-electron chi connectivity index (χ0n) is 17.7. The van der Waals surface area contributed by atoms with Gasteiger partial charge in [-0.1, -0.05) is 35.3 Å². The molecule has 4 rings (SSSR count). The van der Waals surface area contributed by atoms with Crippen molar-refractivity contribution < 1.29 is 17.9 Å². The zero-order chi connectivity index (χ0) is 25.0. The molecule has 0 saturated carbocycles. The molecule has 0 aliphatic heterocycles. The van der Waals surface area contributed by atoms with E-state index in [9.17, 15) is 13.2 Å². The highest BCUT2D eigenvalue weighted by atomic mass is 127. The fraction of sp³-hybridized carbons (Fsp3) is 0. The molecule has 0 atom stereocenters. The minimum absolute atomic E-state index is 0.0235. The van der Waals surface area contributed by atoms with Gasteiger partial charge in [-0.2, -0.15) is 0 Å². The summed E-state index contributed by atoms with van der Waals surface area (Å²) in [5.41, 5.74) is 0.105. The summed E-state index contributed by atoms with van der Waals surface area (Å²) >= 11 is 14.3. The third-order valence-electron chi connectivity index (χ3n) is 4.64. The van der Waals surface area contributed by atoms with E-state index in [1.807, 2.05) is 0 Å². The van der Waals surface area contributed by atoms with E-state index in [1.54, 1.807) is 42.6 Å². The van der Waals surface area contributed by atoms with Gasteiger partial charge in [0.2, 0.25) is 0 Å². The van der Waals surface area contributed by atoms with Gasteiger partial charge in [-0.3, -0.25) is 9.52 Å². The predicted octanol–water partition coefficient (Wildman–Crippen LogP) is 6.84. The summed E-state index contributed by atoms with van der Waals surface area (Å²) in [4.78, 5) is 17.0. The number of rotatable bonds is 7. The fourth-order valence-electron chi connectivity index (χ4n) is 2.97. The van der Waals surface area contributed by atoms with Crippen molar-refractivity contribution in [2.24, 2.45) is 0 Å². The number of aromatic nitrogens is 1. The summed E-state index contributed by atoms with van der Waals surface area (Å²) in [6, 6.07) is 20.4. The molecule has 0 radical (unpaired) electrons. The van der Waals surface area contributed by atoms with E-state index in [0.717, 1.165) is 3.57 Å². The molecule has 35 heavy (non-hydrogen) atoms. The van der Waals surface area contributed by atoms with Crippen LogP contribution in [-0.2, 0) is 10.0 Å². The van der Waals surface area contributed by atoms with E-state index in [1.165, 1.54) is 42.5 Å². The Morgan fingerprint density at radius 3 is 2.37 bits per heavy atom. The standard InChI is InChI=1S/C24H16Cl2IN3O4S/c25-15-5-11-21(19(13-15)24(31)29-23-12-6-16(27)14-28-23)30-35(32,33)18-9-7-17(8-10-18)34-22-4-2-1-3-20(22)26/h1-14,30H,(H,28,29,31). The molecule has 178 valence electrons. The second kappa shape index (κ2) is 10.8. The van der Waals surface area contributed by atoms with Gasteiger partial charge in [-0.05, 0) is 89.3 Å². The van der Waals surface area contributed by atoms with Crippen LogP contribution in [0.15, 0.2) is 90.0 Å². The van der Waals surface area contributed by atoms with Gasteiger partial charge in [0.05, 0.1) is 21.2 Å². The Hall–Kier alpha value is -2.86. The highest BCUT2D eigenvalue weighted by Crippen LogP contribution is 2.30. The molecule has 11 heteroatoms. The zero-order valence-corrected chi connectivity index (χ0v) is 22.2. The highest BCUT2D eigenvalue weighted by molar-refractivity contribution is 14.1. The first-order chi connectivity index (χ1) is 16.7. The van der Waals surface area contributed by atoms with Crippen molar-refractivity contribution in [1.29, 1.82) is 0 Å². The van der Waals surface area contributed by atoms with Gasteiger partial charge in [-0.25, -0.2) is 13.4 Å². The highest BCUT2D eigenvalue weighted by Gasteiger charge is 2.20. The third kappa shape index (κ3) is 6.43. The van der Waals surface area contributed by atoms with Crippen molar-refractivity contribution in [2.45, 2.75) is 4.90 Å². The van der Waals surface area contributed by atoms with E-state index in [-0.39, 0.29) is 21.2 Å². The molecule has 0 fully saturated rings. The summed E-state index contributed by atoms with van der Waals surface area (Å²) in [5.74, 6) is 0.608. The number of benzene rings is 3. The van der Waals surface area contributed by atoms with E-state index < -0.39 is 15.9 Å². The molecule has 7 nitrogen and oxygen atoms in total. The average Bonchev–Trinajstić information content (AvgIpc) is 2.83. The molecule has 0 spiro atoms. The van der Waals surface area contributed by atoms with Crippen LogP contribution in [0.25, 0.3) is 0 Å². The number of sulfonamides is 1. The molecule has 4 aromatic rings. The number of nitrogens with one attached hydrogen (secondary N) is 2. The summed E-state index contributed by atoms with van der Waals surface area (Å²) < 4.78 is 35.1. The number of halogens is 3. The quantitative estimate of drug-likeness (QED) is 0.216. The van der Waals surface area contributed by atoms with Crippen molar-refractivity contribution >= 4 is 73.2 Å². The average molecular weight is 640 g/mol. The molecule has 1 amide bonds. The molecule has 0 unspecified atom stereocenters. The second-order valence-electron chi connectivity index (χ2n) is 7.12. The van der Waals surface area contributed by atoms with Crippen LogP contribution >= 0.6 is 45.8 Å². The van der Waals surface area contributed by atoms with Gasteiger partial charge in [0.25, 0.3) is 15.9 Å².